The first kappa shape index (κ1) is 33.2. The third kappa shape index (κ3) is 7.22. The van der Waals surface area contributed by atoms with Crippen molar-refractivity contribution in [2.75, 3.05) is 44.9 Å². The molecular formula is C35H32Cl2N6O5. The predicted octanol–water partition coefficient (Wildman–Crippen LogP) is 4.74. The van der Waals surface area contributed by atoms with Crippen molar-refractivity contribution in [1.29, 1.82) is 0 Å². The molecule has 0 unspecified atom stereocenters. The highest BCUT2D eigenvalue weighted by Crippen LogP contribution is 2.28. The summed E-state index contributed by atoms with van der Waals surface area (Å²) >= 11 is 12.1. The van der Waals surface area contributed by atoms with Gasteiger partial charge in [-0.3, -0.25) is 15.0 Å². The zero-order valence-corrected chi connectivity index (χ0v) is 27.6. The number of morpholine rings is 1. The third-order valence-corrected chi connectivity index (χ3v) is 8.80. The van der Waals surface area contributed by atoms with Crippen LogP contribution >= 0.6 is 23.4 Å². The number of carbonyl (C=O) groups excluding carboxylic acids is 3. The Hall–Kier alpha value is -4.73. The normalized spacial score (nSPS) is 16.2. The monoisotopic (exact) mass is 686 g/mol. The molecule has 13 heteroatoms. The number of halogens is 2. The summed E-state index contributed by atoms with van der Waals surface area (Å²) in [5.74, 6) is 5.86. The number of carbonyl (C=O) groups is 3. The summed E-state index contributed by atoms with van der Waals surface area (Å²) in [5, 5.41) is 0.923. The Labute approximate surface area is 287 Å². The Kier molecular flexibility index (Phi) is 10.4. The highest BCUT2D eigenvalue weighted by molar-refractivity contribution is 6.32. The lowest BCUT2D eigenvalue weighted by Gasteiger charge is -2.33. The van der Waals surface area contributed by atoms with Crippen molar-refractivity contribution in [3.8, 4) is 23.1 Å². The molecule has 2 fully saturated rings. The number of aromatic nitrogens is 2. The Morgan fingerprint density at radius 1 is 1.00 bits per heavy atom. The fourth-order valence-corrected chi connectivity index (χ4v) is 6.17. The van der Waals surface area contributed by atoms with E-state index in [1.807, 2.05) is 30.3 Å². The maximum Gasteiger partial charge on any atom is 0.328 e. The van der Waals surface area contributed by atoms with Crippen LogP contribution < -0.4 is 15.3 Å². The molecule has 0 bridgehead atoms. The number of rotatable bonds is 6. The van der Waals surface area contributed by atoms with Crippen molar-refractivity contribution < 1.29 is 23.9 Å². The number of amides is 2. The van der Waals surface area contributed by atoms with E-state index in [1.165, 1.54) is 7.11 Å². The van der Waals surface area contributed by atoms with E-state index in [2.05, 4.69) is 32.1 Å². The van der Waals surface area contributed by atoms with Crippen molar-refractivity contribution in [2.24, 2.45) is 0 Å². The third-order valence-electron chi connectivity index (χ3n) is 8.40. The van der Waals surface area contributed by atoms with Crippen LogP contribution in [0.3, 0.4) is 0 Å². The number of piperidine rings is 1. The zero-order valence-electron chi connectivity index (χ0n) is 26.1. The highest BCUT2D eigenvalue weighted by Gasteiger charge is 2.33. The molecule has 1 atom stereocenters. The molecule has 0 aliphatic carbocycles. The maximum atomic E-state index is 13.3. The number of pyridine rings is 2. The van der Waals surface area contributed by atoms with Crippen LogP contribution in [0.5, 0.6) is 0 Å². The number of anilines is 1. The van der Waals surface area contributed by atoms with E-state index in [0.717, 1.165) is 29.8 Å². The Morgan fingerprint density at radius 2 is 1.79 bits per heavy atom. The summed E-state index contributed by atoms with van der Waals surface area (Å²) in [4.78, 5) is 53.7. The minimum Gasteiger partial charge on any atom is -0.467 e. The summed E-state index contributed by atoms with van der Waals surface area (Å²) in [6.45, 7) is 3.15. The smallest absolute Gasteiger partial charge is 0.328 e. The minimum atomic E-state index is -0.599. The summed E-state index contributed by atoms with van der Waals surface area (Å²) in [6, 6.07) is 15.4. The van der Waals surface area contributed by atoms with Crippen LogP contribution in [0.1, 0.15) is 51.1 Å². The minimum absolute atomic E-state index is 0.266. The molecule has 11 nitrogen and oxygen atoms in total. The van der Waals surface area contributed by atoms with Gasteiger partial charge in [0.25, 0.3) is 11.8 Å². The summed E-state index contributed by atoms with van der Waals surface area (Å²) in [7, 11) is 1.33. The van der Waals surface area contributed by atoms with Crippen molar-refractivity contribution >= 4 is 57.9 Å². The molecule has 2 N–H and O–H groups in total. The number of methoxy groups -OCH3 is 1. The number of hydrogen-bond acceptors (Lipinski definition) is 9. The second-order valence-corrected chi connectivity index (χ2v) is 11.9. The topological polar surface area (TPSA) is 126 Å². The van der Waals surface area contributed by atoms with Gasteiger partial charge in [-0.05, 0) is 67.4 Å². The average Bonchev–Trinajstić information content (AvgIpc) is 3.13. The van der Waals surface area contributed by atoms with Gasteiger partial charge in [0.15, 0.2) is 0 Å². The Morgan fingerprint density at radius 3 is 2.52 bits per heavy atom. The molecule has 4 heterocycles. The quantitative estimate of drug-likeness (QED) is 0.128. The zero-order chi connectivity index (χ0) is 33.6. The van der Waals surface area contributed by atoms with Gasteiger partial charge in [-0.1, -0.05) is 35.6 Å². The number of fused-ring (bicyclic) bond motifs is 1. The molecule has 0 spiro atoms. The largest absolute Gasteiger partial charge is 0.467 e. The maximum absolute atomic E-state index is 13.3. The van der Waals surface area contributed by atoms with Crippen molar-refractivity contribution in [3.63, 3.8) is 0 Å². The van der Waals surface area contributed by atoms with E-state index in [9.17, 15) is 14.4 Å². The summed E-state index contributed by atoms with van der Waals surface area (Å²) in [6.07, 6.45) is 3.90. The van der Waals surface area contributed by atoms with E-state index in [-0.39, 0.29) is 5.91 Å². The van der Waals surface area contributed by atoms with Crippen LogP contribution in [0.4, 0.5) is 5.82 Å². The SMILES string of the molecule is COC(=O)[C@@H]1CCCCN1C(=O)c1ccc(C#Cc2ccc(-c3cc(C(=O)NNCl)c4cnc(N5CCOCC5)cc4n3)cc2)c(Cl)c1. The number of hydrogen-bond donors (Lipinski definition) is 2. The first-order valence-corrected chi connectivity index (χ1v) is 16.2. The lowest BCUT2D eigenvalue weighted by atomic mass is 10.0. The number of benzene rings is 2. The molecule has 6 rings (SSSR count). The first-order valence-electron chi connectivity index (χ1n) is 15.5. The van der Waals surface area contributed by atoms with E-state index >= 15 is 0 Å². The van der Waals surface area contributed by atoms with E-state index in [4.69, 9.17) is 37.8 Å². The van der Waals surface area contributed by atoms with Crippen LogP contribution in [-0.2, 0) is 14.3 Å². The number of ether oxygens (including phenoxy) is 2. The molecular weight excluding hydrogens is 655 g/mol. The number of likely N-dealkylation sites (tertiary alicyclic amines) is 1. The summed E-state index contributed by atoms with van der Waals surface area (Å²) < 4.78 is 10.4. The van der Waals surface area contributed by atoms with Gasteiger partial charge >= 0.3 is 5.97 Å². The lowest BCUT2D eigenvalue weighted by Crippen LogP contribution is -2.48. The molecule has 0 saturated carbocycles. The molecule has 0 radical (unpaired) electrons. The van der Waals surface area contributed by atoms with E-state index < -0.39 is 17.9 Å². The van der Waals surface area contributed by atoms with Gasteiger partial charge in [-0.25, -0.2) is 14.8 Å². The number of esters is 1. The fourth-order valence-electron chi connectivity index (χ4n) is 5.86. The van der Waals surface area contributed by atoms with Gasteiger partial charge in [0.2, 0.25) is 0 Å². The molecule has 48 heavy (non-hydrogen) atoms. The van der Waals surface area contributed by atoms with E-state index in [0.29, 0.717) is 77.6 Å². The number of nitrogens with one attached hydrogen (secondary N) is 2. The number of hydrazine groups is 1. The molecule has 4 aromatic rings. The van der Waals surface area contributed by atoms with Gasteiger partial charge in [0, 0.05) is 59.5 Å². The lowest BCUT2D eigenvalue weighted by molar-refractivity contribution is -0.147. The standard InChI is InChI=1S/C35H32Cl2N6O5/c1-47-35(46)31-4-2-3-13-43(31)34(45)25-12-11-23(28(36)18-25)8-5-22-6-9-24(10-7-22)29-19-26(33(44)40-41-37)27-21-38-32(20-30(27)39-29)42-14-16-48-17-15-42/h6-7,9-12,18-21,31,41H,2-4,13-17H2,1H3,(H,40,44)/t31-/m0/s1. The molecule has 246 valence electrons. The number of nitrogens with zero attached hydrogens (tertiary/aromatic N) is 4. The van der Waals surface area contributed by atoms with Gasteiger partial charge in [0.05, 0.1) is 42.1 Å². The van der Waals surface area contributed by atoms with Gasteiger partial charge in [0.1, 0.15) is 11.9 Å². The van der Waals surface area contributed by atoms with E-state index in [1.54, 1.807) is 35.4 Å². The van der Waals surface area contributed by atoms with Crippen LogP contribution in [-0.4, -0.2) is 78.7 Å². The Bertz CT molecular complexity index is 1920. The van der Waals surface area contributed by atoms with Gasteiger partial charge < -0.3 is 19.3 Å². The first-order chi connectivity index (χ1) is 23.4. The van der Waals surface area contributed by atoms with Crippen LogP contribution in [0.25, 0.3) is 22.2 Å². The van der Waals surface area contributed by atoms with Crippen molar-refractivity contribution in [2.45, 2.75) is 25.3 Å². The summed E-state index contributed by atoms with van der Waals surface area (Å²) in [5.41, 5.74) is 6.45. The predicted molar refractivity (Wildman–Crippen MR) is 183 cm³/mol. The molecule has 2 amide bonds. The molecule has 2 aromatic carbocycles. The highest BCUT2D eigenvalue weighted by atomic mass is 35.5. The fraction of sp³-hybridized carbons (Fsp3) is 0.286. The van der Waals surface area contributed by atoms with Crippen LogP contribution in [0.2, 0.25) is 5.02 Å². The molecule has 2 aliphatic rings. The van der Waals surface area contributed by atoms with Crippen LogP contribution in [0.15, 0.2) is 60.8 Å². The van der Waals surface area contributed by atoms with Crippen molar-refractivity contribution in [3.05, 3.63) is 88.1 Å². The Balaban J connectivity index is 1.23. The molecule has 2 saturated heterocycles. The van der Waals surface area contributed by atoms with Crippen molar-refractivity contribution in [1.82, 2.24) is 25.2 Å². The second kappa shape index (κ2) is 15.0. The molecule has 2 aliphatic heterocycles. The van der Waals surface area contributed by atoms with Crippen LogP contribution in [0, 0.1) is 11.8 Å². The van der Waals surface area contributed by atoms with Gasteiger partial charge in [-0.15, -0.1) is 4.94 Å². The average molecular weight is 688 g/mol. The second-order valence-electron chi connectivity index (χ2n) is 11.3. The molecule has 2 aromatic heterocycles. The van der Waals surface area contributed by atoms with Gasteiger partial charge in [-0.2, -0.15) is 0 Å².